The Hall–Kier alpha value is -1.64. The first kappa shape index (κ1) is 20.4. The van der Waals surface area contributed by atoms with Crippen LogP contribution in [0.2, 0.25) is 0 Å². The van der Waals surface area contributed by atoms with Crippen molar-refractivity contribution >= 4 is 47.7 Å². The number of rotatable bonds is 4. The molecule has 3 rings (SSSR count). The van der Waals surface area contributed by atoms with Crippen LogP contribution < -0.4 is 10.6 Å². The molecule has 2 aromatic heterocycles. The molecule has 1 aliphatic heterocycles. The van der Waals surface area contributed by atoms with Gasteiger partial charge in [-0.05, 0) is 18.4 Å². The number of aromatic nitrogens is 4. The molecule has 1 amide bonds. The Morgan fingerprint density at radius 3 is 2.83 bits per heavy atom. The highest BCUT2D eigenvalue weighted by atomic mass is 35.5. The molecular weight excluding hydrogens is 353 g/mol. The third kappa shape index (κ3) is 3.88. The van der Waals surface area contributed by atoms with Gasteiger partial charge < -0.3 is 20.5 Å². The standard InChI is InChI=1S/C14H21N7O.2ClH/c1-14(6-15)3-4-21(7-14)10(22)5-20(2)13-11-12(17-8-16-11)18-9-19-13;;/h8-9H,3-7,15H2,1-2H3,(H,16,17,18,19);2*1H. The Labute approximate surface area is 153 Å². The van der Waals surface area contributed by atoms with Gasteiger partial charge in [-0.25, -0.2) is 15.0 Å². The van der Waals surface area contributed by atoms with E-state index < -0.39 is 0 Å². The third-order valence-corrected chi connectivity index (χ3v) is 4.34. The molecule has 1 saturated heterocycles. The fraction of sp³-hybridized carbons (Fsp3) is 0.571. The van der Waals surface area contributed by atoms with Gasteiger partial charge in [-0.3, -0.25) is 4.79 Å². The van der Waals surface area contributed by atoms with Gasteiger partial charge in [0.05, 0.1) is 12.9 Å². The van der Waals surface area contributed by atoms with Crippen molar-refractivity contribution in [2.24, 2.45) is 11.1 Å². The van der Waals surface area contributed by atoms with E-state index >= 15 is 0 Å². The molecule has 1 atom stereocenters. The predicted molar refractivity (Wildman–Crippen MR) is 97.8 cm³/mol. The minimum atomic E-state index is 0. The lowest BCUT2D eigenvalue weighted by molar-refractivity contribution is -0.129. The summed E-state index contributed by atoms with van der Waals surface area (Å²) < 4.78 is 0. The molecule has 0 bridgehead atoms. The van der Waals surface area contributed by atoms with Crippen molar-refractivity contribution in [1.82, 2.24) is 24.8 Å². The molecular formula is C14H23Cl2N7O. The summed E-state index contributed by atoms with van der Waals surface area (Å²) in [5, 5.41) is 0. The lowest BCUT2D eigenvalue weighted by Gasteiger charge is -2.25. The van der Waals surface area contributed by atoms with E-state index in [9.17, 15) is 4.79 Å². The lowest BCUT2D eigenvalue weighted by atomic mass is 9.90. The Kier molecular flexibility index (Phi) is 6.76. The van der Waals surface area contributed by atoms with Gasteiger partial charge >= 0.3 is 0 Å². The van der Waals surface area contributed by atoms with Crippen LogP contribution in [-0.4, -0.2) is 64.0 Å². The van der Waals surface area contributed by atoms with Crippen LogP contribution in [0.5, 0.6) is 0 Å². The number of likely N-dealkylation sites (tertiary alicyclic amines) is 1. The maximum atomic E-state index is 12.5. The monoisotopic (exact) mass is 375 g/mol. The normalized spacial score (nSPS) is 19.7. The second-order valence-electron chi connectivity index (χ2n) is 6.23. The zero-order valence-corrected chi connectivity index (χ0v) is 15.4. The van der Waals surface area contributed by atoms with Crippen LogP contribution in [0.4, 0.5) is 5.82 Å². The summed E-state index contributed by atoms with van der Waals surface area (Å²) in [6.07, 6.45) is 3.99. The van der Waals surface area contributed by atoms with Crippen LogP contribution in [-0.2, 0) is 4.79 Å². The average Bonchev–Trinajstić information content (AvgIpc) is 3.13. The predicted octanol–water partition coefficient (Wildman–Crippen LogP) is 0.830. The third-order valence-electron chi connectivity index (χ3n) is 4.34. The molecule has 1 aliphatic rings. The summed E-state index contributed by atoms with van der Waals surface area (Å²) in [6.45, 7) is 4.49. The van der Waals surface area contributed by atoms with E-state index in [1.807, 2.05) is 16.8 Å². The number of aromatic amines is 1. The highest BCUT2D eigenvalue weighted by molar-refractivity contribution is 5.87. The van der Waals surface area contributed by atoms with E-state index in [0.29, 0.717) is 18.0 Å². The second kappa shape index (κ2) is 7.96. The number of carbonyl (C=O) groups excluding carboxylic acids is 1. The number of hydrogen-bond donors (Lipinski definition) is 2. The number of likely N-dealkylation sites (N-methyl/N-ethyl adjacent to an activating group) is 1. The number of halogens is 2. The molecule has 0 aliphatic carbocycles. The molecule has 1 unspecified atom stereocenters. The highest BCUT2D eigenvalue weighted by Gasteiger charge is 2.35. The Bertz CT molecular complexity index is 695. The number of carbonyl (C=O) groups is 1. The summed E-state index contributed by atoms with van der Waals surface area (Å²) >= 11 is 0. The molecule has 1 fully saturated rings. The van der Waals surface area contributed by atoms with Crippen LogP contribution >= 0.6 is 24.8 Å². The van der Waals surface area contributed by atoms with E-state index in [0.717, 1.165) is 25.0 Å². The number of fused-ring (bicyclic) bond motifs is 1. The largest absolute Gasteiger partial charge is 0.348 e. The fourth-order valence-corrected chi connectivity index (χ4v) is 2.82. The van der Waals surface area contributed by atoms with Crippen LogP contribution in [0.15, 0.2) is 12.7 Å². The molecule has 0 spiro atoms. The first-order valence-electron chi connectivity index (χ1n) is 7.35. The first-order valence-corrected chi connectivity index (χ1v) is 7.35. The van der Waals surface area contributed by atoms with Gasteiger partial charge in [0.1, 0.15) is 11.8 Å². The van der Waals surface area contributed by atoms with Gasteiger partial charge in [-0.15, -0.1) is 24.8 Å². The minimum Gasteiger partial charge on any atom is -0.348 e. The van der Waals surface area contributed by atoms with E-state index in [2.05, 4.69) is 26.9 Å². The Balaban J connectivity index is 0.00000144. The fourth-order valence-electron chi connectivity index (χ4n) is 2.82. The number of hydrogen-bond acceptors (Lipinski definition) is 6. The number of imidazole rings is 1. The van der Waals surface area contributed by atoms with Crippen LogP contribution in [0.1, 0.15) is 13.3 Å². The summed E-state index contributed by atoms with van der Waals surface area (Å²) in [4.78, 5) is 31.6. The van der Waals surface area contributed by atoms with Crippen LogP contribution in [0.3, 0.4) is 0 Å². The summed E-state index contributed by atoms with van der Waals surface area (Å²) in [6, 6.07) is 0. The van der Waals surface area contributed by atoms with Gasteiger partial charge in [0.15, 0.2) is 11.5 Å². The quantitative estimate of drug-likeness (QED) is 0.819. The molecule has 0 aromatic carbocycles. The van der Waals surface area contributed by atoms with Gasteiger partial charge in [-0.2, -0.15) is 0 Å². The first-order chi connectivity index (χ1) is 10.5. The number of amides is 1. The van der Waals surface area contributed by atoms with E-state index in [1.54, 1.807) is 6.33 Å². The zero-order chi connectivity index (χ0) is 15.7. The molecule has 134 valence electrons. The number of anilines is 1. The molecule has 0 radical (unpaired) electrons. The maximum Gasteiger partial charge on any atom is 0.242 e. The maximum absolute atomic E-state index is 12.5. The summed E-state index contributed by atoms with van der Waals surface area (Å²) in [5.74, 6) is 0.766. The topological polar surface area (TPSA) is 104 Å². The summed E-state index contributed by atoms with van der Waals surface area (Å²) in [7, 11) is 1.85. The van der Waals surface area contributed by atoms with Crippen molar-refractivity contribution in [2.45, 2.75) is 13.3 Å². The average molecular weight is 376 g/mol. The lowest BCUT2D eigenvalue weighted by Crippen LogP contribution is -2.40. The molecule has 3 N–H and O–H groups in total. The van der Waals surface area contributed by atoms with E-state index in [4.69, 9.17) is 5.73 Å². The molecule has 8 nitrogen and oxygen atoms in total. The Morgan fingerprint density at radius 2 is 2.17 bits per heavy atom. The molecule has 2 aromatic rings. The van der Waals surface area contributed by atoms with Crippen LogP contribution in [0, 0.1) is 5.41 Å². The van der Waals surface area contributed by atoms with Crippen LogP contribution in [0.25, 0.3) is 11.2 Å². The molecule has 24 heavy (non-hydrogen) atoms. The zero-order valence-electron chi connectivity index (χ0n) is 13.7. The Morgan fingerprint density at radius 1 is 1.42 bits per heavy atom. The van der Waals surface area contributed by atoms with Crippen molar-refractivity contribution in [3.05, 3.63) is 12.7 Å². The van der Waals surface area contributed by atoms with Crippen molar-refractivity contribution in [3.63, 3.8) is 0 Å². The van der Waals surface area contributed by atoms with Crippen molar-refractivity contribution < 1.29 is 4.79 Å². The number of nitrogens with one attached hydrogen (secondary N) is 1. The SMILES string of the molecule is CN(CC(=O)N1CCC(C)(CN)C1)c1ncnc2nc[nH]c12.Cl.Cl. The van der Waals surface area contributed by atoms with Crippen molar-refractivity contribution in [3.8, 4) is 0 Å². The highest BCUT2D eigenvalue weighted by Crippen LogP contribution is 2.28. The smallest absolute Gasteiger partial charge is 0.242 e. The number of nitrogens with zero attached hydrogens (tertiary/aromatic N) is 5. The minimum absolute atomic E-state index is 0. The van der Waals surface area contributed by atoms with Crippen molar-refractivity contribution in [2.75, 3.05) is 38.1 Å². The number of H-pyrrole nitrogens is 1. The van der Waals surface area contributed by atoms with E-state index in [-0.39, 0.29) is 42.7 Å². The molecule has 10 heteroatoms. The van der Waals surface area contributed by atoms with Gasteiger partial charge in [-0.1, -0.05) is 6.92 Å². The molecule has 3 heterocycles. The summed E-state index contributed by atoms with van der Waals surface area (Å²) in [5.41, 5.74) is 7.18. The van der Waals surface area contributed by atoms with Gasteiger partial charge in [0.25, 0.3) is 0 Å². The number of nitrogens with two attached hydrogens (primary N) is 1. The van der Waals surface area contributed by atoms with Crippen molar-refractivity contribution in [1.29, 1.82) is 0 Å². The van der Waals surface area contributed by atoms with Gasteiger partial charge in [0, 0.05) is 20.1 Å². The van der Waals surface area contributed by atoms with E-state index in [1.165, 1.54) is 6.33 Å². The van der Waals surface area contributed by atoms with Gasteiger partial charge in [0.2, 0.25) is 5.91 Å². The second-order valence-corrected chi connectivity index (χ2v) is 6.23. The molecule has 0 saturated carbocycles.